The molecule has 2 rings (SSSR count). The Morgan fingerprint density at radius 2 is 1.76 bits per heavy atom. The van der Waals surface area contributed by atoms with E-state index in [2.05, 4.69) is 36.2 Å². The highest BCUT2D eigenvalue weighted by molar-refractivity contribution is 5.47. The summed E-state index contributed by atoms with van der Waals surface area (Å²) >= 11 is 0. The van der Waals surface area contributed by atoms with Crippen LogP contribution in [-0.4, -0.2) is 50.4 Å². The molecular formula is C17H28N2O2. The average molecular weight is 292 g/mol. The van der Waals surface area contributed by atoms with Gasteiger partial charge in [-0.1, -0.05) is 0 Å². The smallest absolute Gasteiger partial charge is 0.119 e. The first-order chi connectivity index (χ1) is 10.0. The molecule has 0 spiro atoms. The topological polar surface area (TPSA) is 33.7 Å². The van der Waals surface area contributed by atoms with Gasteiger partial charge in [0.15, 0.2) is 0 Å². The first kappa shape index (κ1) is 16.1. The first-order valence-corrected chi connectivity index (χ1v) is 7.82. The quantitative estimate of drug-likeness (QED) is 0.874. The Labute approximate surface area is 128 Å². The van der Waals surface area contributed by atoms with Crippen LogP contribution < -0.4 is 10.1 Å². The second-order valence-corrected chi connectivity index (χ2v) is 6.25. The molecule has 1 N–H and O–H groups in total. The van der Waals surface area contributed by atoms with Crippen LogP contribution in [0.15, 0.2) is 24.3 Å². The van der Waals surface area contributed by atoms with Gasteiger partial charge in [0, 0.05) is 18.3 Å². The Morgan fingerprint density at radius 1 is 1.14 bits per heavy atom. The van der Waals surface area contributed by atoms with Crippen molar-refractivity contribution in [3.63, 3.8) is 0 Å². The summed E-state index contributed by atoms with van der Waals surface area (Å²) in [7, 11) is 4.10. The van der Waals surface area contributed by atoms with E-state index in [0.717, 1.165) is 37.4 Å². The molecule has 1 aromatic carbocycles. The molecule has 0 amide bonds. The molecule has 0 bridgehead atoms. The number of ether oxygens (including phenoxy) is 2. The molecule has 4 nitrogen and oxygen atoms in total. The van der Waals surface area contributed by atoms with Crippen LogP contribution in [0.2, 0.25) is 0 Å². The molecule has 2 atom stereocenters. The summed E-state index contributed by atoms with van der Waals surface area (Å²) < 4.78 is 11.5. The minimum Gasteiger partial charge on any atom is -0.492 e. The van der Waals surface area contributed by atoms with E-state index in [9.17, 15) is 0 Å². The van der Waals surface area contributed by atoms with Gasteiger partial charge in [-0.3, -0.25) is 0 Å². The molecule has 4 heteroatoms. The number of benzene rings is 1. The van der Waals surface area contributed by atoms with Gasteiger partial charge in [0.2, 0.25) is 0 Å². The Hall–Kier alpha value is -1.26. The van der Waals surface area contributed by atoms with E-state index in [4.69, 9.17) is 9.47 Å². The van der Waals surface area contributed by atoms with E-state index >= 15 is 0 Å². The summed E-state index contributed by atoms with van der Waals surface area (Å²) in [5, 5.41) is 3.60. The summed E-state index contributed by atoms with van der Waals surface area (Å²) in [6, 6.07) is 8.74. The molecule has 2 unspecified atom stereocenters. The Bertz CT molecular complexity index is 409. The number of anilines is 1. The molecule has 0 saturated carbocycles. The van der Waals surface area contributed by atoms with Crippen molar-refractivity contribution in [2.45, 2.75) is 44.9 Å². The number of hydrogen-bond donors (Lipinski definition) is 1. The summed E-state index contributed by atoms with van der Waals surface area (Å²) in [4.78, 5) is 2.11. The molecular weight excluding hydrogens is 264 g/mol. The second-order valence-electron chi connectivity index (χ2n) is 6.25. The zero-order valence-corrected chi connectivity index (χ0v) is 13.6. The fourth-order valence-electron chi connectivity index (χ4n) is 2.75. The lowest BCUT2D eigenvalue weighted by atomic mass is 9.99. The highest BCUT2D eigenvalue weighted by Crippen LogP contribution is 2.23. The molecule has 1 aliphatic heterocycles. The van der Waals surface area contributed by atoms with Crippen LogP contribution in [0.25, 0.3) is 0 Å². The predicted octanol–water partition coefficient (Wildman–Crippen LogP) is 2.99. The van der Waals surface area contributed by atoms with Gasteiger partial charge in [-0.25, -0.2) is 0 Å². The van der Waals surface area contributed by atoms with Crippen molar-refractivity contribution in [1.29, 1.82) is 0 Å². The van der Waals surface area contributed by atoms with E-state index in [1.807, 2.05) is 26.2 Å². The zero-order chi connectivity index (χ0) is 15.2. The molecule has 21 heavy (non-hydrogen) atoms. The molecule has 0 radical (unpaired) electrons. The van der Waals surface area contributed by atoms with Gasteiger partial charge >= 0.3 is 0 Å². The SMILES string of the molecule is CC1CC(Nc2ccc(OCCN(C)C)cc2)CC(C)O1. The van der Waals surface area contributed by atoms with Crippen molar-refractivity contribution >= 4 is 5.69 Å². The highest BCUT2D eigenvalue weighted by Gasteiger charge is 2.24. The van der Waals surface area contributed by atoms with E-state index in [-0.39, 0.29) is 0 Å². The van der Waals surface area contributed by atoms with Crippen LogP contribution in [0.1, 0.15) is 26.7 Å². The number of nitrogens with zero attached hydrogens (tertiary/aromatic N) is 1. The lowest BCUT2D eigenvalue weighted by Gasteiger charge is -2.33. The number of hydrogen-bond acceptors (Lipinski definition) is 4. The predicted molar refractivity (Wildman–Crippen MR) is 87.1 cm³/mol. The largest absolute Gasteiger partial charge is 0.492 e. The van der Waals surface area contributed by atoms with Gasteiger partial charge in [0.05, 0.1) is 12.2 Å². The Kier molecular flexibility index (Phi) is 5.88. The van der Waals surface area contributed by atoms with Crippen LogP contribution >= 0.6 is 0 Å². The lowest BCUT2D eigenvalue weighted by Crippen LogP contribution is -2.36. The third-order valence-electron chi connectivity index (χ3n) is 3.73. The van der Waals surface area contributed by atoms with Gasteiger partial charge in [-0.15, -0.1) is 0 Å². The third-order valence-corrected chi connectivity index (χ3v) is 3.73. The molecule has 118 valence electrons. The van der Waals surface area contributed by atoms with Crippen LogP contribution in [0.3, 0.4) is 0 Å². The van der Waals surface area contributed by atoms with Crippen LogP contribution in [0.5, 0.6) is 5.75 Å². The maximum Gasteiger partial charge on any atom is 0.119 e. The summed E-state index contributed by atoms with van der Waals surface area (Å²) in [5.74, 6) is 0.927. The molecule has 1 aromatic rings. The first-order valence-electron chi connectivity index (χ1n) is 7.82. The lowest BCUT2D eigenvalue weighted by molar-refractivity contribution is -0.0337. The van der Waals surface area contributed by atoms with Crippen molar-refractivity contribution in [2.24, 2.45) is 0 Å². The van der Waals surface area contributed by atoms with Crippen LogP contribution in [0, 0.1) is 0 Å². The number of nitrogens with one attached hydrogen (secondary N) is 1. The molecule has 1 saturated heterocycles. The summed E-state index contributed by atoms with van der Waals surface area (Å²) in [6.07, 6.45) is 2.79. The average Bonchev–Trinajstić information content (AvgIpc) is 2.39. The fraction of sp³-hybridized carbons (Fsp3) is 0.647. The third kappa shape index (κ3) is 5.56. The van der Waals surface area contributed by atoms with Crippen LogP contribution in [-0.2, 0) is 4.74 Å². The van der Waals surface area contributed by atoms with Crippen molar-refractivity contribution in [3.05, 3.63) is 24.3 Å². The fourth-order valence-corrected chi connectivity index (χ4v) is 2.75. The van der Waals surface area contributed by atoms with E-state index in [0.29, 0.717) is 18.2 Å². The Morgan fingerprint density at radius 3 is 2.33 bits per heavy atom. The Balaban J connectivity index is 1.81. The standard InChI is InChI=1S/C17H28N2O2/c1-13-11-16(12-14(2)21-13)18-15-5-7-17(8-6-15)20-10-9-19(3)4/h5-8,13-14,16,18H,9-12H2,1-4H3. The minimum atomic E-state index is 0.333. The normalized spacial score (nSPS) is 25.9. The molecule has 0 aliphatic carbocycles. The van der Waals surface area contributed by atoms with Crippen LogP contribution in [0.4, 0.5) is 5.69 Å². The monoisotopic (exact) mass is 292 g/mol. The number of rotatable bonds is 6. The zero-order valence-electron chi connectivity index (χ0n) is 13.6. The highest BCUT2D eigenvalue weighted by atomic mass is 16.5. The van der Waals surface area contributed by atoms with Gasteiger partial charge in [-0.2, -0.15) is 0 Å². The molecule has 1 fully saturated rings. The maximum atomic E-state index is 5.77. The minimum absolute atomic E-state index is 0.333. The van der Waals surface area contributed by atoms with Gasteiger partial charge in [-0.05, 0) is 65.0 Å². The number of likely N-dealkylation sites (N-methyl/N-ethyl adjacent to an activating group) is 1. The molecule has 0 aromatic heterocycles. The van der Waals surface area contributed by atoms with E-state index in [1.54, 1.807) is 0 Å². The van der Waals surface area contributed by atoms with Crippen molar-refractivity contribution in [2.75, 3.05) is 32.6 Å². The summed E-state index contributed by atoms with van der Waals surface area (Å²) in [6.45, 7) is 5.94. The molecule has 1 heterocycles. The summed E-state index contributed by atoms with van der Waals surface area (Å²) in [5.41, 5.74) is 1.15. The van der Waals surface area contributed by atoms with E-state index in [1.165, 1.54) is 0 Å². The van der Waals surface area contributed by atoms with E-state index < -0.39 is 0 Å². The van der Waals surface area contributed by atoms with Gasteiger partial charge in [0.1, 0.15) is 12.4 Å². The van der Waals surface area contributed by atoms with Crippen molar-refractivity contribution < 1.29 is 9.47 Å². The second kappa shape index (κ2) is 7.66. The maximum absolute atomic E-state index is 5.77. The molecule has 1 aliphatic rings. The van der Waals surface area contributed by atoms with Crippen molar-refractivity contribution in [1.82, 2.24) is 4.90 Å². The van der Waals surface area contributed by atoms with Gasteiger partial charge < -0.3 is 19.7 Å². The van der Waals surface area contributed by atoms with Crippen molar-refractivity contribution in [3.8, 4) is 5.75 Å². The van der Waals surface area contributed by atoms with Gasteiger partial charge in [0.25, 0.3) is 0 Å².